The van der Waals surface area contributed by atoms with Gasteiger partial charge in [0.25, 0.3) is 0 Å². The van der Waals surface area contributed by atoms with Crippen molar-refractivity contribution in [2.24, 2.45) is 11.7 Å². The zero-order valence-corrected chi connectivity index (χ0v) is 17.2. The van der Waals surface area contributed by atoms with E-state index in [1.54, 1.807) is 0 Å². The van der Waals surface area contributed by atoms with Crippen LogP contribution in [0.1, 0.15) is 46.5 Å². The monoisotopic (exact) mass is 384 g/mol. The number of hydrogen-bond acceptors (Lipinski definition) is 3. The van der Waals surface area contributed by atoms with Crippen molar-refractivity contribution in [1.82, 2.24) is 9.47 Å². The molecule has 2 unspecified atom stereocenters. The fraction of sp³-hybridized carbons (Fsp3) is 0.545. The molecule has 2 amide bonds. The van der Waals surface area contributed by atoms with Gasteiger partial charge in [0.2, 0.25) is 11.8 Å². The van der Waals surface area contributed by atoms with Crippen molar-refractivity contribution in [3.8, 4) is 0 Å². The molecule has 1 heterocycles. The number of nitrogens with zero attached hydrogens (tertiary/aromatic N) is 2. The van der Waals surface area contributed by atoms with Gasteiger partial charge in [-0.25, -0.2) is 0 Å². The minimum atomic E-state index is -0.444. The molecule has 3 N–H and O–H groups in total. The number of anilines is 1. The number of fused-ring (bicyclic) bond motifs is 1. The lowest BCUT2D eigenvalue weighted by Crippen LogP contribution is -2.51. The molecular formula is C22H32N4O2. The standard InChI is InChI=1S/C22H32N4O2/c1-4-25(5-2)20(27)15-26-13-11-16-14-17(9-10-19(16)26)24-21(28)18-8-6-7-12-22(18,3)23/h9-11,13-14,18H,4-8,12,15,23H2,1-3H3,(H,24,28). The average Bonchev–Trinajstić information content (AvgIpc) is 3.04. The van der Waals surface area contributed by atoms with Gasteiger partial charge in [0.1, 0.15) is 6.54 Å². The van der Waals surface area contributed by atoms with Crippen LogP contribution in [0, 0.1) is 5.92 Å². The van der Waals surface area contributed by atoms with Crippen LogP contribution in [0.3, 0.4) is 0 Å². The first-order valence-electron chi connectivity index (χ1n) is 10.3. The fourth-order valence-corrected chi connectivity index (χ4v) is 4.26. The van der Waals surface area contributed by atoms with Gasteiger partial charge in [-0.2, -0.15) is 0 Å². The molecule has 1 aromatic heterocycles. The van der Waals surface area contributed by atoms with Crippen LogP contribution < -0.4 is 11.1 Å². The van der Waals surface area contributed by atoms with Crippen molar-refractivity contribution in [2.75, 3.05) is 18.4 Å². The highest BCUT2D eigenvalue weighted by molar-refractivity contribution is 5.96. The Morgan fingerprint density at radius 2 is 2.00 bits per heavy atom. The third-order valence-corrected chi connectivity index (χ3v) is 6.03. The first-order chi connectivity index (χ1) is 13.4. The van der Waals surface area contributed by atoms with Crippen LogP contribution in [0.4, 0.5) is 5.69 Å². The quantitative estimate of drug-likeness (QED) is 0.801. The first-order valence-corrected chi connectivity index (χ1v) is 10.3. The van der Waals surface area contributed by atoms with Crippen LogP contribution >= 0.6 is 0 Å². The van der Waals surface area contributed by atoms with Gasteiger partial charge >= 0.3 is 0 Å². The summed E-state index contributed by atoms with van der Waals surface area (Å²) in [4.78, 5) is 27.0. The Morgan fingerprint density at radius 3 is 2.68 bits per heavy atom. The summed E-state index contributed by atoms with van der Waals surface area (Å²) in [6.07, 6.45) is 5.78. The molecule has 1 fully saturated rings. The van der Waals surface area contributed by atoms with Crippen LogP contribution in [-0.4, -0.2) is 39.9 Å². The summed E-state index contributed by atoms with van der Waals surface area (Å²) in [6, 6.07) is 7.80. The van der Waals surface area contributed by atoms with Crippen LogP contribution in [-0.2, 0) is 16.1 Å². The molecule has 0 radical (unpaired) electrons. The van der Waals surface area contributed by atoms with Gasteiger partial charge in [-0.15, -0.1) is 0 Å². The Labute approximate surface area is 167 Å². The van der Waals surface area contributed by atoms with Gasteiger partial charge in [0.15, 0.2) is 0 Å². The van der Waals surface area contributed by atoms with Gasteiger partial charge < -0.3 is 20.5 Å². The normalized spacial score (nSPS) is 22.2. The number of nitrogens with two attached hydrogens (primary N) is 1. The lowest BCUT2D eigenvalue weighted by atomic mass is 9.74. The lowest BCUT2D eigenvalue weighted by molar-refractivity contribution is -0.131. The summed E-state index contributed by atoms with van der Waals surface area (Å²) in [6.45, 7) is 7.71. The smallest absolute Gasteiger partial charge is 0.242 e. The number of hydrogen-bond donors (Lipinski definition) is 2. The second-order valence-electron chi connectivity index (χ2n) is 8.08. The van der Waals surface area contributed by atoms with E-state index in [9.17, 15) is 9.59 Å². The van der Waals surface area contributed by atoms with Gasteiger partial charge in [-0.05, 0) is 57.9 Å². The predicted octanol–water partition coefficient (Wildman–Crippen LogP) is 3.36. The zero-order chi connectivity index (χ0) is 20.3. The Hall–Kier alpha value is -2.34. The van der Waals surface area contributed by atoms with Crippen molar-refractivity contribution in [3.63, 3.8) is 0 Å². The third kappa shape index (κ3) is 4.22. The highest BCUT2D eigenvalue weighted by Gasteiger charge is 2.37. The molecule has 2 aromatic rings. The van der Waals surface area contributed by atoms with Gasteiger partial charge in [-0.1, -0.05) is 12.8 Å². The minimum absolute atomic E-state index is 0.000179. The lowest BCUT2D eigenvalue weighted by Gasteiger charge is -2.37. The molecule has 0 spiro atoms. The molecule has 0 aliphatic heterocycles. The van der Waals surface area contributed by atoms with E-state index in [2.05, 4.69) is 5.32 Å². The number of likely N-dealkylation sites (N-methyl/N-ethyl adjacent to an activating group) is 1. The number of amides is 2. The first kappa shape index (κ1) is 20.4. The van der Waals surface area contributed by atoms with Crippen LogP contribution in [0.5, 0.6) is 0 Å². The molecule has 0 bridgehead atoms. The SMILES string of the molecule is CCN(CC)C(=O)Cn1ccc2cc(NC(=O)C3CCCCC3(C)N)ccc21. The van der Waals surface area contributed by atoms with Crippen molar-refractivity contribution in [1.29, 1.82) is 0 Å². The molecule has 1 saturated carbocycles. The topological polar surface area (TPSA) is 80.4 Å². The highest BCUT2D eigenvalue weighted by Crippen LogP contribution is 2.32. The fourth-order valence-electron chi connectivity index (χ4n) is 4.26. The van der Waals surface area contributed by atoms with E-state index in [1.165, 1.54) is 0 Å². The number of nitrogens with one attached hydrogen (secondary N) is 1. The van der Waals surface area contributed by atoms with Gasteiger partial charge in [-0.3, -0.25) is 9.59 Å². The van der Waals surface area contributed by atoms with Crippen LogP contribution in [0.2, 0.25) is 0 Å². The van der Waals surface area contributed by atoms with E-state index in [4.69, 9.17) is 5.73 Å². The summed E-state index contributed by atoms with van der Waals surface area (Å²) in [5, 5.41) is 4.05. The van der Waals surface area contributed by atoms with E-state index in [0.29, 0.717) is 19.6 Å². The Kier molecular flexibility index (Phi) is 6.08. The molecule has 6 heteroatoms. The summed E-state index contributed by atoms with van der Waals surface area (Å²) in [5.74, 6) is -0.0483. The highest BCUT2D eigenvalue weighted by atomic mass is 16.2. The molecule has 2 atom stereocenters. The van der Waals surface area contributed by atoms with Gasteiger partial charge in [0.05, 0.1) is 5.92 Å². The average molecular weight is 385 g/mol. The Bertz CT molecular complexity index is 851. The molecule has 152 valence electrons. The van der Waals surface area contributed by atoms with Gasteiger partial charge in [0, 0.05) is 41.4 Å². The van der Waals surface area contributed by atoms with Crippen molar-refractivity contribution in [2.45, 2.75) is 58.5 Å². The summed E-state index contributed by atoms with van der Waals surface area (Å²) in [7, 11) is 0. The molecule has 3 rings (SSSR count). The Morgan fingerprint density at radius 1 is 1.25 bits per heavy atom. The molecule has 0 saturated heterocycles. The Balaban J connectivity index is 1.73. The number of benzene rings is 1. The summed E-state index contributed by atoms with van der Waals surface area (Å²) >= 11 is 0. The van der Waals surface area contributed by atoms with E-state index in [-0.39, 0.29) is 17.7 Å². The number of carbonyl (C=O) groups is 2. The molecule has 28 heavy (non-hydrogen) atoms. The zero-order valence-electron chi connectivity index (χ0n) is 17.2. The van der Waals surface area contributed by atoms with Crippen molar-refractivity contribution < 1.29 is 9.59 Å². The number of rotatable bonds is 6. The number of carbonyl (C=O) groups excluding carboxylic acids is 2. The van der Waals surface area contributed by atoms with E-state index >= 15 is 0 Å². The van der Waals surface area contributed by atoms with Crippen molar-refractivity contribution in [3.05, 3.63) is 30.5 Å². The summed E-state index contributed by atoms with van der Waals surface area (Å²) < 4.78 is 1.96. The minimum Gasteiger partial charge on any atom is -0.342 e. The van der Waals surface area contributed by atoms with Crippen LogP contribution in [0.15, 0.2) is 30.5 Å². The molecule has 1 aliphatic carbocycles. The van der Waals surface area contributed by atoms with E-state index in [1.807, 2.05) is 60.7 Å². The van der Waals surface area contributed by atoms with Crippen LogP contribution in [0.25, 0.3) is 10.9 Å². The van der Waals surface area contributed by atoms with Crippen molar-refractivity contribution >= 4 is 28.4 Å². The maximum atomic E-state index is 12.8. The summed E-state index contributed by atoms with van der Waals surface area (Å²) in [5.41, 5.74) is 7.68. The molecule has 1 aliphatic rings. The second-order valence-corrected chi connectivity index (χ2v) is 8.08. The van der Waals surface area contributed by atoms with E-state index < -0.39 is 5.54 Å². The van der Waals surface area contributed by atoms with E-state index in [0.717, 1.165) is 42.3 Å². The maximum Gasteiger partial charge on any atom is 0.242 e. The molecular weight excluding hydrogens is 352 g/mol. The molecule has 1 aromatic carbocycles. The largest absolute Gasteiger partial charge is 0.342 e. The molecule has 6 nitrogen and oxygen atoms in total. The second kappa shape index (κ2) is 8.35. The maximum absolute atomic E-state index is 12.8. The number of aromatic nitrogens is 1. The third-order valence-electron chi connectivity index (χ3n) is 6.03. The predicted molar refractivity (Wildman–Crippen MR) is 113 cm³/mol.